The number of likely N-dealkylation sites (tertiary alicyclic amines) is 1. The molecule has 0 spiro atoms. The summed E-state index contributed by atoms with van der Waals surface area (Å²) in [4.78, 5) is 2.61. The molecule has 0 aromatic rings. The molecule has 0 radical (unpaired) electrons. The van der Waals surface area contributed by atoms with Crippen molar-refractivity contribution in [3.05, 3.63) is 0 Å². The molecule has 1 saturated carbocycles. The Morgan fingerprint density at radius 3 is 2.56 bits per heavy atom. The maximum atomic E-state index is 9.63. The van der Waals surface area contributed by atoms with Crippen LogP contribution in [0, 0.1) is 5.92 Å². The molecule has 0 aromatic heterocycles. The monoisotopic (exact) mass is 254 g/mol. The van der Waals surface area contributed by atoms with E-state index in [0.29, 0.717) is 12.1 Å². The van der Waals surface area contributed by atoms with Crippen LogP contribution in [0.3, 0.4) is 0 Å². The first-order chi connectivity index (χ1) is 8.52. The average Bonchev–Trinajstić information content (AvgIpc) is 3.14. The van der Waals surface area contributed by atoms with E-state index in [1.54, 1.807) is 0 Å². The van der Waals surface area contributed by atoms with Crippen LogP contribution in [-0.4, -0.2) is 47.3 Å². The average molecular weight is 254 g/mol. The maximum Gasteiger partial charge on any atom is 0.0611 e. The fourth-order valence-electron chi connectivity index (χ4n) is 3.00. The van der Waals surface area contributed by atoms with Crippen molar-refractivity contribution in [1.29, 1.82) is 0 Å². The van der Waals surface area contributed by atoms with Gasteiger partial charge in [-0.25, -0.2) is 0 Å². The summed E-state index contributed by atoms with van der Waals surface area (Å²) < 4.78 is 0. The second kappa shape index (κ2) is 5.89. The van der Waals surface area contributed by atoms with Crippen molar-refractivity contribution in [2.75, 3.05) is 19.7 Å². The van der Waals surface area contributed by atoms with Gasteiger partial charge >= 0.3 is 0 Å². The molecule has 2 aliphatic rings. The highest BCUT2D eigenvalue weighted by molar-refractivity contribution is 4.93. The summed E-state index contributed by atoms with van der Waals surface area (Å²) in [6, 6.07) is 1.38. The summed E-state index contributed by atoms with van der Waals surface area (Å²) in [5.41, 5.74) is -0.0818. The zero-order valence-corrected chi connectivity index (χ0v) is 12.3. The molecule has 3 heteroatoms. The normalized spacial score (nSPS) is 33.3. The fraction of sp³-hybridized carbons (Fsp3) is 1.00. The number of hydrogen-bond donors (Lipinski definition) is 2. The van der Waals surface area contributed by atoms with Crippen LogP contribution in [0.1, 0.15) is 52.9 Å². The van der Waals surface area contributed by atoms with Crippen molar-refractivity contribution in [2.24, 2.45) is 5.92 Å². The Hall–Kier alpha value is -0.120. The molecule has 18 heavy (non-hydrogen) atoms. The summed E-state index contributed by atoms with van der Waals surface area (Å²) in [7, 11) is 0. The lowest BCUT2D eigenvalue weighted by Crippen LogP contribution is -2.51. The van der Waals surface area contributed by atoms with Gasteiger partial charge in [-0.2, -0.15) is 0 Å². The Morgan fingerprint density at radius 1 is 1.22 bits per heavy atom. The highest BCUT2D eigenvalue weighted by atomic mass is 16.3. The molecular weight excluding hydrogens is 224 g/mol. The van der Waals surface area contributed by atoms with E-state index in [1.807, 2.05) is 0 Å². The van der Waals surface area contributed by atoms with Crippen LogP contribution < -0.4 is 5.32 Å². The third kappa shape index (κ3) is 3.94. The first-order valence-corrected chi connectivity index (χ1v) is 7.65. The first-order valence-electron chi connectivity index (χ1n) is 7.65. The Kier molecular flexibility index (Phi) is 4.68. The number of aliphatic hydroxyl groups is 1. The molecule has 0 aromatic carbocycles. The third-order valence-corrected chi connectivity index (χ3v) is 4.68. The van der Waals surface area contributed by atoms with E-state index in [9.17, 15) is 5.11 Å². The highest BCUT2D eigenvalue weighted by Crippen LogP contribution is 2.26. The third-order valence-electron chi connectivity index (χ3n) is 4.68. The van der Waals surface area contributed by atoms with Gasteiger partial charge in [0.2, 0.25) is 0 Å². The van der Waals surface area contributed by atoms with E-state index in [0.717, 1.165) is 18.9 Å². The van der Waals surface area contributed by atoms with Gasteiger partial charge in [0.05, 0.1) is 6.61 Å². The predicted octanol–water partition coefficient (Wildman–Crippen LogP) is 2.00. The zero-order valence-electron chi connectivity index (χ0n) is 12.3. The van der Waals surface area contributed by atoms with Gasteiger partial charge in [-0.05, 0) is 51.9 Å². The minimum Gasteiger partial charge on any atom is -0.394 e. The van der Waals surface area contributed by atoms with Crippen LogP contribution in [0.4, 0.5) is 0 Å². The molecule has 2 fully saturated rings. The molecule has 3 unspecified atom stereocenters. The lowest BCUT2D eigenvalue weighted by molar-refractivity contribution is 0.0939. The SMILES string of the molecule is CC1CCC(C)N(CCC(C)(CO)NC2CC2)C1. The van der Waals surface area contributed by atoms with E-state index in [2.05, 4.69) is 31.0 Å². The van der Waals surface area contributed by atoms with Crippen LogP contribution in [-0.2, 0) is 0 Å². The molecule has 3 atom stereocenters. The topological polar surface area (TPSA) is 35.5 Å². The Bertz CT molecular complexity index is 267. The van der Waals surface area contributed by atoms with Gasteiger partial charge in [0.1, 0.15) is 0 Å². The Balaban J connectivity index is 1.80. The highest BCUT2D eigenvalue weighted by Gasteiger charge is 2.33. The quantitative estimate of drug-likeness (QED) is 0.761. The molecule has 2 rings (SSSR count). The van der Waals surface area contributed by atoms with Gasteiger partial charge < -0.3 is 15.3 Å². The van der Waals surface area contributed by atoms with E-state index in [1.165, 1.54) is 32.2 Å². The van der Waals surface area contributed by atoms with Crippen LogP contribution in [0.5, 0.6) is 0 Å². The predicted molar refractivity (Wildman–Crippen MR) is 75.7 cm³/mol. The van der Waals surface area contributed by atoms with Crippen molar-refractivity contribution in [1.82, 2.24) is 10.2 Å². The maximum absolute atomic E-state index is 9.63. The van der Waals surface area contributed by atoms with Gasteiger partial charge in [0.15, 0.2) is 0 Å². The Morgan fingerprint density at radius 2 is 1.94 bits per heavy atom. The van der Waals surface area contributed by atoms with Gasteiger partial charge in [0.25, 0.3) is 0 Å². The van der Waals surface area contributed by atoms with Crippen molar-refractivity contribution in [3.8, 4) is 0 Å². The molecule has 2 N–H and O–H groups in total. The number of aliphatic hydroxyl groups excluding tert-OH is 1. The van der Waals surface area contributed by atoms with Gasteiger partial charge in [0, 0.05) is 30.7 Å². The van der Waals surface area contributed by atoms with Crippen LogP contribution in [0.15, 0.2) is 0 Å². The van der Waals surface area contributed by atoms with Crippen LogP contribution >= 0.6 is 0 Å². The molecule has 1 aliphatic carbocycles. The number of rotatable bonds is 6. The van der Waals surface area contributed by atoms with Gasteiger partial charge in [-0.1, -0.05) is 6.92 Å². The van der Waals surface area contributed by atoms with E-state index >= 15 is 0 Å². The number of hydrogen-bond acceptors (Lipinski definition) is 3. The van der Waals surface area contributed by atoms with Gasteiger partial charge in [-0.3, -0.25) is 0 Å². The molecule has 0 bridgehead atoms. The molecular formula is C15H30N2O. The lowest BCUT2D eigenvalue weighted by atomic mass is 9.92. The smallest absolute Gasteiger partial charge is 0.0611 e. The molecule has 3 nitrogen and oxygen atoms in total. The summed E-state index contributed by atoms with van der Waals surface area (Å²) in [5.74, 6) is 0.831. The fourth-order valence-corrected chi connectivity index (χ4v) is 3.00. The van der Waals surface area contributed by atoms with Crippen LogP contribution in [0.25, 0.3) is 0 Å². The second-order valence-electron chi connectivity index (χ2n) is 6.91. The van der Waals surface area contributed by atoms with E-state index in [4.69, 9.17) is 0 Å². The minimum atomic E-state index is -0.0818. The lowest BCUT2D eigenvalue weighted by Gasteiger charge is -2.39. The number of piperidine rings is 1. The Labute approximate surface area is 112 Å². The van der Waals surface area contributed by atoms with Crippen molar-refractivity contribution >= 4 is 0 Å². The standard InChI is InChI=1S/C15H30N2O/c1-12-4-5-13(2)17(10-12)9-8-15(3,11-18)16-14-6-7-14/h12-14,16,18H,4-11H2,1-3H3. The summed E-state index contributed by atoms with van der Waals surface area (Å²) >= 11 is 0. The minimum absolute atomic E-state index is 0.0818. The second-order valence-corrected chi connectivity index (χ2v) is 6.91. The van der Waals surface area contributed by atoms with Crippen molar-refractivity contribution < 1.29 is 5.11 Å². The van der Waals surface area contributed by atoms with E-state index < -0.39 is 0 Å². The summed E-state index contributed by atoms with van der Waals surface area (Å²) in [6.45, 7) is 9.46. The molecule has 1 aliphatic heterocycles. The van der Waals surface area contributed by atoms with E-state index in [-0.39, 0.29) is 12.1 Å². The molecule has 106 valence electrons. The van der Waals surface area contributed by atoms with Crippen molar-refractivity contribution in [3.63, 3.8) is 0 Å². The van der Waals surface area contributed by atoms with Crippen molar-refractivity contribution in [2.45, 2.75) is 70.5 Å². The van der Waals surface area contributed by atoms with Gasteiger partial charge in [-0.15, -0.1) is 0 Å². The summed E-state index contributed by atoms with van der Waals surface area (Å²) in [5, 5.41) is 13.2. The molecule has 1 saturated heterocycles. The first kappa shape index (κ1) is 14.3. The number of nitrogens with zero attached hydrogens (tertiary/aromatic N) is 1. The summed E-state index contributed by atoms with van der Waals surface area (Å²) in [6.07, 6.45) is 6.32. The van der Waals surface area contributed by atoms with Crippen LogP contribution in [0.2, 0.25) is 0 Å². The largest absolute Gasteiger partial charge is 0.394 e. The zero-order chi connectivity index (χ0) is 13.2. The number of nitrogens with one attached hydrogen (secondary N) is 1. The molecule has 0 amide bonds. The molecule has 1 heterocycles.